The molecule has 1 fully saturated rings. The summed E-state index contributed by atoms with van der Waals surface area (Å²) in [6.07, 6.45) is 0.0548. The predicted molar refractivity (Wildman–Crippen MR) is 93.7 cm³/mol. The molecule has 0 spiro atoms. The molecule has 1 aromatic carbocycles. The zero-order valence-electron chi connectivity index (χ0n) is 13.8. The number of morpholine rings is 1. The van der Waals surface area contributed by atoms with E-state index in [1.165, 1.54) is 0 Å². The van der Waals surface area contributed by atoms with Crippen LogP contribution in [0.3, 0.4) is 0 Å². The second kappa shape index (κ2) is 9.25. The average molecular weight is 385 g/mol. The lowest BCUT2D eigenvalue weighted by molar-refractivity contribution is -0.124. The Hall–Kier alpha value is -1.11. The fraction of sp³-hybridized carbons (Fsp3) is 0.588. The fourth-order valence-electron chi connectivity index (χ4n) is 2.54. The Morgan fingerprint density at radius 2 is 2.17 bits per heavy atom. The number of ether oxygens (including phenoxy) is 2. The summed E-state index contributed by atoms with van der Waals surface area (Å²) in [6.45, 7) is 8.60. The van der Waals surface area contributed by atoms with Gasteiger partial charge in [-0.05, 0) is 30.2 Å². The third-order valence-electron chi connectivity index (χ3n) is 3.56. The first-order valence-electron chi connectivity index (χ1n) is 8.02. The lowest BCUT2D eigenvalue weighted by Crippen LogP contribution is -2.48. The summed E-state index contributed by atoms with van der Waals surface area (Å²) in [6, 6.07) is 7.41. The summed E-state index contributed by atoms with van der Waals surface area (Å²) < 4.78 is 12.1. The van der Waals surface area contributed by atoms with Gasteiger partial charge in [0, 0.05) is 30.7 Å². The molecule has 0 radical (unpaired) electrons. The van der Waals surface area contributed by atoms with Crippen LogP contribution in [0.5, 0.6) is 5.75 Å². The summed E-state index contributed by atoms with van der Waals surface area (Å²) in [7, 11) is 0. The number of rotatable bonds is 7. The smallest absolute Gasteiger partial charge is 0.258 e. The van der Waals surface area contributed by atoms with E-state index in [1.807, 2.05) is 24.3 Å². The molecule has 1 aromatic rings. The minimum Gasteiger partial charge on any atom is -0.484 e. The minimum atomic E-state index is -0.127. The number of amides is 1. The van der Waals surface area contributed by atoms with Crippen LogP contribution in [-0.2, 0) is 9.53 Å². The van der Waals surface area contributed by atoms with Gasteiger partial charge in [0.1, 0.15) is 5.75 Å². The molecule has 23 heavy (non-hydrogen) atoms. The Morgan fingerprint density at radius 3 is 2.87 bits per heavy atom. The van der Waals surface area contributed by atoms with Crippen LogP contribution in [-0.4, -0.2) is 56.3 Å². The van der Waals surface area contributed by atoms with Gasteiger partial charge in [-0.3, -0.25) is 9.69 Å². The van der Waals surface area contributed by atoms with Crippen molar-refractivity contribution in [3.63, 3.8) is 0 Å². The van der Waals surface area contributed by atoms with Crippen LogP contribution in [0.25, 0.3) is 0 Å². The molecule has 1 unspecified atom stereocenters. The average Bonchev–Trinajstić information content (AvgIpc) is 2.52. The van der Waals surface area contributed by atoms with Crippen LogP contribution in [0, 0.1) is 5.92 Å². The van der Waals surface area contributed by atoms with Crippen molar-refractivity contribution in [3.8, 4) is 5.75 Å². The van der Waals surface area contributed by atoms with Gasteiger partial charge < -0.3 is 14.8 Å². The van der Waals surface area contributed by atoms with E-state index in [-0.39, 0.29) is 18.6 Å². The molecule has 1 N–H and O–H groups in total. The molecular formula is C17H25BrN2O3. The molecule has 1 amide bonds. The predicted octanol–water partition coefficient (Wildman–Crippen LogP) is 2.30. The molecular weight excluding hydrogens is 360 g/mol. The molecule has 1 aliphatic rings. The number of hydrogen-bond acceptors (Lipinski definition) is 4. The van der Waals surface area contributed by atoms with E-state index in [0.29, 0.717) is 18.2 Å². The highest BCUT2D eigenvalue weighted by Gasteiger charge is 2.21. The molecule has 1 atom stereocenters. The summed E-state index contributed by atoms with van der Waals surface area (Å²) in [5.74, 6) is 1.19. The van der Waals surface area contributed by atoms with E-state index >= 15 is 0 Å². The van der Waals surface area contributed by atoms with Gasteiger partial charge in [0.25, 0.3) is 5.91 Å². The van der Waals surface area contributed by atoms with Crippen molar-refractivity contribution >= 4 is 21.8 Å². The largest absolute Gasteiger partial charge is 0.484 e. The second-order valence-electron chi connectivity index (χ2n) is 6.19. The molecule has 1 aliphatic heterocycles. The second-order valence-corrected chi connectivity index (χ2v) is 7.11. The highest BCUT2D eigenvalue weighted by molar-refractivity contribution is 9.10. The monoisotopic (exact) mass is 384 g/mol. The topological polar surface area (TPSA) is 50.8 Å². The maximum atomic E-state index is 11.9. The summed E-state index contributed by atoms with van der Waals surface area (Å²) in [4.78, 5) is 14.3. The minimum absolute atomic E-state index is 0.0179. The van der Waals surface area contributed by atoms with Gasteiger partial charge in [-0.25, -0.2) is 0 Å². The van der Waals surface area contributed by atoms with Crippen molar-refractivity contribution in [1.29, 1.82) is 0 Å². The molecule has 0 aromatic heterocycles. The molecule has 2 rings (SSSR count). The number of hydrogen-bond donors (Lipinski definition) is 1. The zero-order chi connectivity index (χ0) is 16.7. The Balaban J connectivity index is 1.66. The lowest BCUT2D eigenvalue weighted by Gasteiger charge is -2.33. The van der Waals surface area contributed by atoms with E-state index < -0.39 is 0 Å². The van der Waals surface area contributed by atoms with Gasteiger partial charge in [0.2, 0.25) is 0 Å². The van der Waals surface area contributed by atoms with E-state index in [0.717, 1.165) is 30.7 Å². The van der Waals surface area contributed by atoms with Gasteiger partial charge in [-0.1, -0.05) is 29.8 Å². The van der Waals surface area contributed by atoms with Crippen LogP contribution in [0.2, 0.25) is 0 Å². The van der Waals surface area contributed by atoms with Gasteiger partial charge in [0.05, 0.1) is 12.7 Å². The highest BCUT2D eigenvalue weighted by atomic mass is 79.9. The molecule has 0 bridgehead atoms. The molecule has 128 valence electrons. The van der Waals surface area contributed by atoms with Crippen molar-refractivity contribution in [2.45, 2.75) is 20.0 Å². The molecule has 0 aliphatic carbocycles. The number of carbonyl (C=O) groups is 1. The maximum Gasteiger partial charge on any atom is 0.258 e. The third kappa shape index (κ3) is 6.89. The summed E-state index contributed by atoms with van der Waals surface area (Å²) in [5.41, 5.74) is 0. The van der Waals surface area contributed by atoms with E-state index in [1.54, 1.807) is 0 Å². The molecule has 0 saturated carbocycles. The normalized spacial score (nSPS) is 18.9. The lowest BCUT2D eigenvalue weighted by atomic mass is 10.2. The molecule has 6 heteroatoms. The highest BCUT2D eigenvalue weighted by Crippen LogP contribution is 2.15. The Labute approximate surface area is 146 Å². The van der Waals surface area contributed by atoms with E-state index in [9.17, 15) is 4.79 Å². The first kappa shape index (κ1) is 18.2. The van der Waals surface area contributed by atoms with Gasteiger partial charge in [0.15, 0.2) is 6.61 Å². The number of benzene rings is 1. The molecule has 1 heterocycles. The summed E-state index contributed by atoms with van der Waals surface area (Å²) in [5, 5.41) is 2.88. The Bertz CT molecular complexity index is 493. The van der Waals surface area contributed by atoms with Crippen molar-refractivity contribution in [2.24, 2.45) is 5.92 Å². The van der Waals surface area contributed by atoms with Crippen LogP contribution >= 0.6 is 15.9 Å². The molecule has 1 saturated heterocycles. The maximum absolute atomic E-state index is 11.9. The quantitative estimate of drug-likeness (QED) is 0.783. The third-order valence-corrected chi connectivity index (χ3v) is 4.09. The summed E-state index contributed by atoms with van der Waals surface area (Å²) >= 11 is 3.36. The van der Waals surface area contributed by atoms with Gasteiger partial charge >= 0.3 is 0 Å². The number of nitrogens with one attached hydrogen (secondary N) is 1. The van der Waals surface area contributed by atoms with Crippen LogP contribution in [0.15, 0.2) is 28.7 Å². The van der Waals surface area contributed by atoms with Crippen LogP contribution in [0.4, 0.5) is 0 Å². The van der Waals surface area contributed by atoms with E-state index in [2.05, 4.69) is 40.0 Å². The van der Waals surface area contributed by atoms with Crippen molar-refractivity contribution < 1.29 is 14.3 Å². The Kier molecular flexibility index (Phi) is 7.33. The van der Waals surface area contributed by atoms with Gasteiger partial charge in [-0.2, -0.15) is 0 Å². The zero-order valence-corrected chi connectivity index (χ0v) is 15.3. The SMILES string of the molecule is CC(C)CN1CCOC(CNC(=O)COc2ccc(Br)cc2)C1. The fourth-order valence-corrected chi connectivity index (χ4v) is 2.81. The Morgan fingerprint density at radius 1 is 1.43 bits per heavy atom. The number of carbonyl (C=O) groups excluding carboxylic acids is 1. The number of halogens is 1. The first-order chi connectivity index (χ1) is 11.0. The van der Waals surface area contributed by atoms with Crippen molar-refractivity contribution in [1.82, 2.24) is 10.2 Å². The van der Waals surface area contributed by atoms with Crippen molar-refractivity contribution in [3.05, 3.63) is 28.7 Å². The first-order valence-corrected chi connectivity index (χ1v) is 8.81. The van der Waals surface area contributed by atoms with E-state index in [4.69, 9.17) is 9.47 Å². The van der Waals surface area contributed by atoms with Crippen molar-refractivity contribution in [2.75, 3.05) is 39.4 Å². The van der Waals surface area contributed by atoms with Gasteiger partial charge in [-0.15, -0.1) is 0 Å². The number of nitrogens with zero attached hydrogens (tertiary/aromatic N) is 1. The van der Waals surface area contributed by atoms with Crippen LogP contribution < -0.4 is 10.1 Å². The molecule has 5 nitrogen and oxygen atoms in total. The standard InChI is InChI=1S/C17H25BrN2O3/c1-13(2)10-20-7-8-22-16(11-20)9-19-17(21)12-23-15-5-3-14(18)4-6-15/h3-6,13,16H,7-12H2,1-2H3,(H,19,21). The van der Waals surface area contributed by atoms with Crippen LogP contribution in [0.1, 0.15) is 13.8 Å².